The summed E-state index contributed by atoms with van der Waals surface area (Å²) in [5, 5.41) is 0. The number of rotatable bonds is 5. The molecule has 1 aromatic rings. The van der Waals surface area contributed by atoms with Crippen LogP contribution in [-0.2, 0) is 14.3 Å². The molecule has 16 heavy (non-hydrogen) atoms. The predicted molar refractivity (Wildman–Crippen MR) is 59.9 cm³/mol. The lowest BCUT2D eigenvalue weighted by Crippen LogP contribution is -2.00. The molecule has 1 aliphatic heterocycles. The van der Waals surface area contributed by atoms with E-state index in [0.29, 0.717) is 11.1 Å². The maximum atomic E-state index is 10.9. The molecule has 0 aromatic carbocycles. The fourth-order valence-electron chi connectivity index (χ4n) is 1.64. The molecule has 5 heteroatoms. The largest absolute Gasteiger partial charge is 0.469 e. The molecule has 2 heterocycles. The third-order valence-corrected chi connectivity index (χ3v) is 2.98. The monoisotopic (exact) mass is 288 g/mol. The van der Waals surface area contributed by atoms with Crippen LogP contribution < -0.4 is 0 Å². The van der Waals surface area contributed by atoms with Crippen LogP contribution in [0.1, 0.15) is 31.1 Å². The molecule has 4 nitrogen and oxygen atoms in total. The summed E-state index contributed by atoms with van der Waals surface area (Å²) in [5.41, 5.74) is 0. The maximum Gasteiger partial charge on any atom is 0.305 e. The number of ether oxygens (including phenoxy) is 2. The number of furan rings is 1. The topological polar surface area (TPSA) is 52.0 Å². The van der Waals surface area contributed by atoms with E-state index in [-0.39, 0.29) is 18.2 Å². The summed E-state index contributed by atoms with van der Waals surface area (Å²) in [5.74, 6) is 0.674. The molecule has 1 fully saturated rings. The summed E-state index contributed by atoms with van der Waals surface area (Å²) in [4.78, 5) is 10.9. The van der Waals surface area contributed by atoms with Gasteiger partial charge in [0.15, 0.2) is 4.67 Å². The summed E-state index contributed by atoms with van der Waals surface area (Å²) >= 11 is 3.25. The number of esters is 1. The Balaban J connectivity index is 1.70. The van der Waals surface area contributed by atoms with E-state index in [0.717, 1.165) is 18.6 Å². The van der Waals surface area contributed by atoms with E-state index in [1.807, 2.05) is 12.1 Å². The van der Waals surface area contributed by atoms with Crippen molar-refractivity contribution in [2.24, 2.45) is 0 Å². The van der Waals surface area contributed by atoms with Crippen LogP contribution in [0, 0.1) is 0 Å². The summed E-state index contributed by atoms with van der Waals surface area (Å²) in [6.45, 7) is 0. The molecular weight excluding hydrogens is 276 g/mol. The van der Waals surface area contributed by atoms with Gasteiger partial charge in [0, 0.05) is 6.42 Å². The molecule has 0 N–H and O–H groups in total. The first-order chi connectivity index (χ1) is 7.70. The van der Waals surface area contributed by atoms with Gasteiger partial charge < -0.3 is 13.9 Å². The first-order valence-corrected chi connectivity index (χ1v) is 5.97. The van der Waals surface area contributed by atoms with Gasteiger partial charge in [-0.3, -0.25) is 4.79 Å². The highest BCUT2D eigenvalue weighted by molar-refractivity contribution is 9.10. The van der Waals surface area contributed by atoms with Crippen LogP contribution >= 0.6 is 15.9 Å². The number of halogens is 1. The van der Waals surface area contributed by atoms with E-state index in [9.17, 15) is 4.79 Å². The molecule has 0 aliphatic carbocycles. The lowest BCUT2D eigenvalue weighted by atomic mass is 10.1. The summed E-state index contributed by atoms with van der Waals surface area (Å²) in [6, 6.07) is 3.75. The average Bonchev–Trinajstić information content (AvgIpc) is 2.92. The Labute approximate surface area is 102 Å². The molecule has 0 bridgehead atoms. The highest BCUT2D eigenvalue weighted by Crippen LogP contribution is 2.42. The van der Waals surface area contributed by atoms with Crippen molar-refractivity contribution in [2.45, 2.75) is 31.5 Å². The van der Waals surface area contributed by atoms with E-state index < -0.39 is 0 Å². The quantitative estimate of drug-likeness (QED) is 0.618. The third kappa shape index (κ3) is 2.86. The first kappa shape index (κ1) is 11.7. The van der Waals surface area contributed by atoms with Crippen molar-refractivity contribution in [3.05, 3.63) is 22.6 Å². The number of epoxide rings is 1. The second-order valence-corrected chi connectivity index (χ2v) is 4.49. The van der Waals surface area contributed by atoms with E-state index >= 15 is 0 Å². The molecule has 0 radical (unpaired) electrons. The zero-order valence-corrected chi connectivity index (χ0v) is 10.5. The second-order valence-electron chi connectivity index (χ2n) is 3.71. The highest BCUT2D eigenvalue weighted by atomic mass is 79.9. The Kier molecular flexibility index (Phi) is 3.66. The molecule has 1 aromatic heterocycles. The fraction of sp³-hybridized carbons (Fsp3) is 0.545. The maximum absolute atomic E-state index is 10.9. The molecule has 1 aliphatic rings. The molecular formula is C11H13BrO4. The van der Waals surface area contributed by atoms with Crippen molar-refractivity contribution >= 4 is 21.9 Å². The van der Waals surface area contributed by atoms with Gasteiger partial charge in [0.25, 0.3) is 0 Å². The molecule has 0 spiro atoms. The van der Waals surface area contributed by atoms with Crippen LogP contribution in [-0.4, -0.2) is 19.2 Å². The summed E-state index contributed by atoms with van der Waals surface area (Å²) < 4.78 is 16.1. The van der Waals surface area contributed by atoms with Gasteiger partial charge in [0.05, 0.1) is 13.2 Å². The SMILES string of the molecule is COC(=O)CCCC1OC1c1ccc(Br)o1. The first-order valence-electron chi connectivity index (χ1n) is 5.18. The van der Waals surface area contributed by atoms with Crippen molar-refractivity contribution in [3.63, 3.8) is 0 Å². The standard InChI is InChI=1S/C11H13BrO4/c1-14-10(13)4-2-3-7-11(16-7)8-5-6-9(12)15-8/h5-7,11H,2-4H2,1H3. The van der Waals surface area contributed by atoms with E-state index in [1.54, 1.807) is 0 Å². The number of carbonyl (C=O) groups is 1. The smallest absolute Gasteiger partial charge is 0.305 e. The van der Waals surface area contributed by atoms with Crippen LogP contribution in [0.4, 0.5) is 0 Å². The minimum Gasteiger partial charge on any atom is -0.469 e. The van der Waals surface area contributed by atoms with Gasteiger partial charge in [-0.15, -0.1) is 0 Å². The molecule has 2 atom stereocenters. The van der Waals surface area contributed by atoms with Crippen molar-refractivity contribution < 1.29 is 18.7 Å². The Bertz CT molecular complexity index is 374. The van der Waals surface area contributed by atoms with Crippen LogP contribution in [0.5, 0.6) is 0 Å². The van der Waals surface area contributed by atoms with Gasteiger partial charge in [-0.2, -0.15) is 0 Å². The minimum atomic E-state index is -0.169. The van der Waals surface area contributed by atoms with Crippen molar-refractivity contribution in [3.8, 4) is 0 Å². The highest BCUT2D eigenvalue weighted by Gasteiger charge is 2.41. The van der Waals surface area contributed by atoms with Crippen molar-refractivity contribution in [2.75, 3.05) is 7.11 Å². The van der Waals surface area contributed by atoms with Gasteiger partial charge in [-0.1, -0.05) is 0 Å². The lowest BCUT2D eigenvalue weighted by molar-refractivity contribution is -0.140. The van der Waals surface area contributed by atoms with Gasteiger partial charge in [0.1, 0.15) is 11.9 Å². The Hall–Kier alpha value is -0.810. The van der Waals surface area contributed by atoms with Gasteiger partial charge in [-0.05, 0) is 40.9 Å². The van der Waals surface area contributed by atoms with Crippen molar-refractivity contribution in [1.29, 1.82) is 0 Å². The van der Waals surface area contributed by atoms with E-state index in [2.05, 4.69) is 20.7 Å². The Morgan fingerprint density at radius 1 is 1.56 bits per heavy atom. The normalized spacial score (nSPS) is 23.1. The minimum absolute atomic E-state index is 0.0592. The van der Waals surface area contributed by atoms with Crippen LogP contribution in [0.3, 0.4) is 0 Å². The number of hydrogen-bond donors (Lipinski definition) is 0. The molecule has 0 amide bonds. The lowest BCUT2D eigenvalue weighted by Gasteiger charge is -1.96. The Morgan fingerprint density at radius 3 is 3.00 bits per heavy atom. The predicted octanol–water partition coefficient (Wildman–Crippen LogP) is 2.83. The molecule has 88 valence electrons. The second kappa shape index (κ2) is 5.01. The zero-order valence-electron chi connectivity index (χ0n) is 8.94. The number of hydrogen-bond acceptors (Lipinski definition) is 4. The number of carbonyl (C=O) groups excluding carboxylic acids is 1. The van der Waals surface area contributed by atoms with Crippen molar-refractivity contribution in [1.82, 2.24) is 0 Å². The average molecular weight is 289 g/mol. The molecule has 2 unspecified atom stereocenters. The summed E-state index contributed by atoms with van der Waals surface area (Å²) in [7, 11) is 1.40. The molecule has 1 saturated heterocycles. The van der Waals surface area contributed by atoms with Gasteiger partial charge in [0.2, 0.25) is 0 Å². The van der Waals surface area contributed by atoms with Gasteiger partial charge in [-0.25, -0.2) is 0 Å². The van der Waals surface area contributed by atoms with Crippen LogP contribution in [0.2, 0.25) is 0 Å². The van der Waals surface area contributed by atoms with Gasteiger partial charge >= 0.3 is 5.97 Å². The molecule has 0 saturated carbocycles. The summed E-state index contributed by atoms with van der Waals surface area (Å²) in [6.07, 6.45) is 2.34. The fourth-order valence-corrected chi connectivity index (χ4v) is 1.96. The van der Waals surface area contributed by atoms with E-state index in [4.69, 9.17) is 9.15 Å². The van der Waals surface area contributed by atoms with Crippen LogP contribution in [0.25, 0.3) is 0 Å². The van der Waals surface area contributed by atoms with Crippen LogP contribution in [0.15, 0.2) is 21.2 Å². The Morgan fingerprint density at radius 2 is 2.38 bits per heavy atom. The third-order valence-electron chi connectivity index (χ3n) is 2.55. The molecule has 2 rings (SSSR count). The zero-order chi connectivity index (χ0) is 11.5. The number of methoxy groups -OCH3 is 1. The van der Waals surface area contributed by atoms with E-state index in [1.165, 1.54) is 7.11 Å².